The summed E-state index contributed by atoms with van der Waals surface area (Å²) in [7, 11) is 1.99. The second-order valence-electron chi connectivity index (χ2n) is 5.65. The molecule has 0 radical (unpaired) electrons. The first kappa shape index (κ1) is 14.4. The van der Waals surface area contributed by atoms with E-state index in [-0.39, 0.29) is 0 Å². The van der Waals surface area contributed by atoms with Crippen molar-refractivity contribution in [1.82, 2.24) is 14.8 Å². The molecule has 0 spiro atoms. The standard InChI is InChI=1S/C16H20ClN3O/c1-20-15(13-5-3-2-4-6-13)18-19-16(20)21-11-12-7-9-14(17)10-8-12/h7-10,13H,2-6,11H2,1H3. The monoisotopic (exact) mass is 305 g/mol. The predicted molar refractivity (Wildman–Crippen MR) is 82.6 cm³/mol. The number of aromatic nitrogens is 3. The molecule has 5 heteroatoms. The Morgan fingerprint density at radius 2 is 1.86 bits per heavy atom. The molecule has 21 heavy (non-hydrogen) atoms. The molecule has 1 fully saturated rings. The molecule has 0 saturated heterocycles. The number of ether oxygens (including phenoxy) is 1. The largest absolute Gasteiger partial charge is 0.459 e. The molecule has 0 bridgehead atoms. The van der Waals surface area contributed by atoms with Gasteiger partial charge in [0.2, 0.25) is 0 Å². The van der Waals surface area contributed by atoms with Crippen LogP contribution < -0.4 is 4.74 Å². The Labute approximate surface area is 130 Å². The van der Waals surface area contributed by atoms with Gasteiger partial charge in [-0.05, 0) is 30.5 Å². The lowest BCUT2D eigenvalue weighted by molar-refractivity contribution is 0.268. The van der Waals surface area contributed by atoms with E-state index in [1.165, 1.54) is 32.1 Å². The van der Waals surface area contributed by atoms with Crippen molar-refractivity contribution in [3.05, 3.63) is 40.7 Å². The van der Waals surface area contributed by atoms with Gasteiger partial charge in [0.15, 0.2) is 0 Å². The zero-order valence-electron chi connectivity index (χ0n) is 12.3. The zero-order valence-corrected chi connectivity index (χ0v) is 13.0. The highest BCUT2D eigenvalue weighted by Gasteiger charge is 2.22. The molecule has 0 aliphatic heterocycles. The highest BCUT2D eigenvalue weighted by Crippen LogP contribution is 2.32. The van der Waals surface area contributed by atoms with Crippen molar-refractivity contribution in [2.24, 2.45) is 7.05 Å². The van der Waals surface area contributed by atoms with Crippen LogP contribution in [-0.4, -0.2) is 14.8 Å². The van der Waals surface area contributed by atoms with E-state index in [9.17, 15) is 0 Å². The van der Waals surface area contributed by atoms with Gasteiger partial charge in [-0.25, -0.2) is 0 Å². The number of hydrogen-bond acceptors (Lipinski definition) is 3. The highest BCUT2D eigenvalue weighted by atomic mass is 35.5. The number of benzene rings is 1. The number of hydrogen-bond donors (Lipinski definition) is 0. The first-order chi connectivity index (χ1) is 10.2. The van der Waals surface area contributed by atoms with Crippen molar-refractivity contribution in [2.45, 2.75) is 44.6 Å². The Balaban J connectivity index is 1.66. The maximum Gasteiger partial charge on any atom is 0.317 e. The molecule has 1 aromatic heterocycles. The molecule has 0 N–H and O–H groups in total. The van der Waals surface area contributed by atoms with Gasteiger partial charge >= 0.3 is 6.01 Å². The molecule has 1 aliphatic carbocycles. The SMILES string of the molecule is Cn1c(OCc2ccc(Cl)cc2)nnc1C1CCCCC1. The Morgan fingerprint density at radius 3 is 2.57 bits per heavy atom. The second-order valence-corrected chi connectivity index (χ2v) is 6.09. The van der Waals surface area contributed by atoms with Crippen molar-refractivity contribution < 1.29 is 4.74 Å². The van der Waals surface area contributed by atoms with E-state index in [0.29, 0.717) is 18.5 Å². The van der Waals surface area contributed by atoms with Crippen molar-refractivity contribution in [1.29, 1.82) is 0 Å². The highest BCUT2D eigenvalue weighted by molar-refractivity contribution is 6.30. The third-order valence-corrected chi connectivity index (χ3v) is 4.37. The van der Waals surface area contributed by atoms with Crippen LogP contribution in [0.4, 0.5) is 0 Å². The summed E-state index contributed by atoms with van der Waals surface area (Å²) in [5, 5.41) is 9.25. The van der Waals surface area contributed by atoms with Crippen LogP contribution in [0.25, 0.3) is 0 Å². The first-order valence-electron chi connectivity index (χ1n) is 7.50. The average Bonchev–Trinajstić information content (AvgIpc) is 2.89. The van der Waals surface area contributed by atoms with Crippen LogP contribution in [-0.2, 0) is 13.7 Å². The van der Waals surface area contributed by atoms with E-state index >= 15 is 0 Å². The number of nitrogens with zero attached hydrogens (tertiary/aromatic N) is 3. The van der Waals surface area contributed by atoms with Gasteiger partial charge in [0.25, 0.3) is 0 Å². The van der Waals surface area contributed by atoms with E-state index in [2.05, 4.69) is 10.2 Å². The Kier molecular flexibility index (Phi) is 4.44. The van der Waals surface area contributed by atoms with Crippen LogP contribution >= 0.6 is 11.6 Å². The van der Waals surface area contributed by atoms with E-state index in [1.807, 2.05) is 35.9 Å². The summed E-state index contributed by atoms with van der Waals surface area (Å²) in [5.74, 6) is 1.59. The Hall–Kier alpha value is -1.55. The maximum absolute atomic E-state index is 5.88. The molecule has 0 atom stereocenters. The molecule has 2 aromatic rings. The van der Waals surface area contributed by atoms with Gasteiger partial charge in [-0.2, -0.15) is 0 Å². The van der Waals surface area contributed by atoms with Gasteiger partial charge in [-0.3, -0.25) is 4.57 Å². The summed E-state index contributed by atoms with van der Waals surface area (Å²) in [6.45, 7) is 0.480. The first-order valence-corrected chi connectivity index (χ1v) is 7.88. The second kappa shape index (κ2) is 6.48. The molecule has 112 valence electrons. The van der Waals surface area contributed by atoms with E-state index in [0.717, 1.165) is 16.4 Å². The predicted octanol–water partition coefficient (Wildman–Crippen LogP) is 4.10. The third kappa shape index (κ3) is 3.38. The quantitative estimate of drug-likeness (QED) is 0.854. The fourth-order valence-corrected chi connectivity index (χ4v) is 3.02. The van der Waals surface area contributed by atoms with Gasteiger partial charge in [0.05, 0.1) is 0 Å². The molecule has 4 nitrogen and oxygen atoms in total. The lowest BCUT2D eigenvalue weighted by Crippen LogP contribution is -2.11. The zero-order chi connectivity index (χ0) is 14.7. The molecule has 1 saturated carbocycles. The van der Waals surface area contributed by atoms with Gasteiger partial charge in [-0.15, -0.1) is 5.10 Å². The van der Waals surface area contributed by atoms with Gasteiger partial charge in [0.1, 0.15) is 12.4 Å². The molecule has 1 heterocycles. The molecule has 0 unspecified atom stereocenters. The topological polar surface area (TPSA) is 39.9 Å². The maximum atomic E-state index is 5.88. The minimum Gasteiger partial charge on any atom is -0.459 e. The molecule has 1 aliphatic rings. The van der Waals surface area contributed by atoms with Crippen LogP contribution in [0, 0.1) is 0 Å². The van der Waals surface area contributed by atoms with Gasteiger partial charge in [0, 0.05) is 18.0 Å². The van der Waals surface area contributed by atoms with E-state index in [1.54, 1.807) is 0 Å². The Bertz CT molecular complexity index is 588. The molecule has 3 rings (SSSR count). The minimum atomic E-state index is 0.480. The summed E-state index contributed by atoms with van der Waals surface area (Å²) in [6.07, 6.45) is 6.34. The molecule has 1 aromatic carbocycles. The summed E-state index contributed by atoms with van der Waals surface area (Å²) >= 11 is 5.88. The lowest BCUT2D eigenvalue weighted by atomic mass is 9.89. The van der Waals surface area contributed by atoms with Crippen LogP contribution in [0.1, 0.15) is 49.4 Å². The Morgan fingerprint density at radius 1 is 1.14 bits per heavy atom. The van der Waals surface area contributed by atoms with Crippen molar-refractivity contribution in [3.63, 3.8) is 0 Å². The fourth-order valence-electron chi connectivity index (χ4n) is 2.90. The van der Waals surface area contributed by atoms with E-state index < -0.39 is 0 Å². The van der Waals surface area contributed by atoms with Crippen molar-refractivity contribution >= 4 is 11.6 Å². The number of rotatable bonds is 4. The van der Waals surface area contributed by atoms with Crippen LogP contribution in [0.2, 0.25) is 5.02 Å². The van der Waals surface area contributed by atoms with Crippen molar-refractivity contribution in [2.75, 3.05) is 0 Å². The molecule has 0 amide bonds. The van der Waals surface area contributed by atoms with Gasteiger partial charge < -0.3 is 4.74 Å². The van der Waals surface area contributed by atoms with Gasteiger partial charge in [-0.1, -0.05) is 48.1 Å². The average molecular weight is 306 g/mol. The summed E-state index contributed by atoms with van der Waals surface area (Å²) in [5.41, 5.74) is 1.07. The lowest BCUT2D eigenvalue weighted by Gasteiger charge is -2.20. The van der Waals surface area contributed by atoms with Crippen LogP contribution in [0.3, 0.4) is 0 Å². The van der Waals surface area contributed by atoms with Crippen LogP contribution in [0.5, 0.6) is 6.01 Å². The number of halogens is 1. The normalized spacial score (nSPS) is 16.1. The minimum absolute atomic E-state index is 0.480. The van der Waals surface area contributed by atoms with E-state index in [4.69, 9.17) is 16.3 Å². The third-order valence-electron chi connectivity index (χ3n) is 4.12. The molecular weight excluding hydrogens is 286 g/mol. The van der Waals surface area contributed by atoms with Crippen LogP contribution in [0.15, 0.2) is 24.3 Å². The van der Waals surface area contributed by atoms with Crippen molar-refractivity contribution in [3.8, 4) is 6.01 Å². The summed E-state index contributed by atoms with van der Waals surface area (Å²) in [4.78, 5) is 0. The summed E-state index contributed by atoms with van der Waals surface area (Å²) in [6, 6.07) is 8.24. The summed E-state index contributed by atoms with van der Waals surface area (Å²) < 4.78 is 7.77. The molecular formula is C16H20ClN3O. The smallest absolute Gasteiger partial charge is 0.317 e. The fraction of sp³-hybridized carbons (Fsp3) is 0.500.